The van der Waals surface area contributed by atoms with E-state index >= 15 is 0 Å². The zero-order chi connectivity index (χ0) is 14.4. The van der Waals surface area contributed by atoms with Gasteiger partial charge in [-0.25, -0.2) is 4.79 Å². The van der Waals surface area contributed by atoms with Crippen LogP contribution in [0.15, 0.2) is 22.8 Å². The Labute approximate surface area is 118 Å². The maximum Gasteiger partial charge on any atom is 0.409 e. The van der Waals surface area contributed by atoms with E-state index in [1.165, 1.54) is 0 Å². The molecule has 1 fully saturated rings. The molecule has 0 spiro atoms. The van der Waals surface area contributed by atoms with E-state index in [1.54, 1.807) is 24.2 Å². The van der Waals surface area contributed by atoms with Crippen LogP contribution in [0.3, 0.4) is 0 Å². The molecule has 1 saturated heterocycles. The minimum atomic E-state index is -0.290. The van der Waals surface area contributed by atoms with Gasteiger partial charge in [0.1, 0.15) is 5.76 Å². The van der Waals surface area contributed by atoms with Crippen LogP contribution in [0.4, 0.5) is 4.79 Å². The third-order valence-electron chi connectivity index (χ3n) is 3.41. The van der Waals surface area contributed by atoms with Crippen LogP contribution in [0.5, 0.6) is 0 Å². The molecule has 0 saturated carbocycles. The molecule has 0 atom stereocenters. The van der Waals surface area contributed by atoms with Gasteiger partial charge in [0.15, 0.2) is 0 Å². The molecule has 0 aromatic carbocycles. The highest BCUT2D eigenvalue weighted by molar-refractivity contribution is 5.79. The maximum atomic E-state index is 12.0. The average molecular weight is 280 g/mol. The molecule has 1 N–H and O–H groups in total. The van der Waals surface area contributed by atoms with Crippen molar-refractivity contribution in [2.75, 3.05) is 19.7 Å². The lowest BCUT2D eigenvalue weighted by Crippen LogP contribution is -2.43. The topological polar surface area (TPSA) is 71.8 Å². The molecule has 0 unspecified atom stereocenters. The van der Waals surface area contributed by atoms with Crippen molar-refractivity contribution in [2.24, 2.45) is 5.92 Å². The van der Waals surface area contributed by atoms with E-state index in [4.69, 9.17) is 9.15 Å². The SMILES string of the molecule is CCOC(=O)N1CCC(C(=O)NCc2ccco2)CC1. The number of hydrogen-bond acceptors (Lipinski definition) is 4. The molecule has 2 heterocycles. The Kier molecular flexibility index (Phi) is 5.03. The van der Waals surface area contributed by atoms with Crippen LogP contribution < -0.4 is 5.32 Å². The zero-order valence-corrected chi connectivity index (χ0v) is 11.6. The average Bonchev–Trinajstić information content (AvgIpc) is 2.98. The lowest BCUT2D eigenvalue weighted by Gasteiger charge is -2.30. The Morgan fingerprint density at radius 3 is 2.80 bits per heavy atom. The molecular weight excluding hydrogens is 260 g/mol. The van der Waals surface area contributed by atoms with Crippen molar-refractivity contribution in [1.29, 1.82) is 0 Å². The van der Waals surface area contributed by atoms with Gasteiger partial charge in [0.2, 0.25) is 5.91 Å². The molecule has 1 aliphatic rings. The summed E-state index contributed by atoms with van der Waals surface area (Å²) in [7, 11) is 0. The first-order valence-corrected chi connectivity index (χ1v) is 6.92. The van der Waals surface area contributed by atoms with Gasteiger partial charge < -0.3 is 19.4 Å². The summed E-state index contributed by atoms with van der Waals surface area (Å²) in [6.45, 7) is 3.70. The number of likely N-dealkylation sites (tertiary alicyclic amines) is 1. The first-order valence-electron chi connectivity index (χ1n) is 6.92. The van der Waals surface area contributed by atoms with E-state index in [2.05, 4.69) is 5.32 Å². The summed E-state index contributed by atoms with van der Waals surface area (Å²) in [5, 5.41) is 2.86. The molecule has 110 valence electrons. The second-order valence-electron chi connectivity index (χ2n) is 4.76. The molecule has 1 aromatic rings. The zero-order valence-electron chi connectivity index (χ0n) is 11.6. The molecule has 0 aliphatic carbocycles. The van der Waals surface area contributed by atoms with Crippen LogP contribution in [0, 0.1) is 5.92 Å². The molecule has 2 rings (SSSR count). The van der Waals surface area contributed by atoms with Crippen molar-refractivity contribution in [2.45, 2.75) is 26.3 Å². The molecule has 0 radical (unpaired) electrons. The van der Waals surface area contributed by atoms with Gasteiger partial charge >= 0.3 is 6.09 Å². The van der Waals surface area contributed by atoms with Crippen molar-refractivity contribution in [3.63, 3.8) is 0 Å². The highest BCUT2D eigenvalue weighted by Gasteiger charge is 2.27. The highest BCUT2D eigenvalue weighted by Crippen LogP contribution is 2.18. The Balaban J connectivity index is 1.73. The van der Waals surface area contributed by atoms with Crippen LogP contribution >= 0.6 is 0 Å². The van der Waals surface area contributed by atoms with Crippen molar-refractivity contribution < 1.29 is 18.7 Å². The molecule has 0 bridgehead atoms. The van der Waals surface area contributed by atoms with Gasteiger partial charge in [0.25, 0.3) is 0 Å². The minimum absolute atomic E-state index is 0.0184. The molecule has 1 aromatic heterocycles. The smallest absolute Gasteiger partial charge is 0.409 e. The van der Waals surface area contributed by atoms with Crippen LogP contribution in [0.25, 0.3) is 0 Å². The fourth-order valence-corrected chi connectivity index (χ4v) is 2.27. The third kappa shape index (κ3) is 3.76. The predicted molar refractivity (Wildman–Crippen MR) is 71.9 cm³/mol. The summed E-state index contributed by atoms with van der Waals surface area (Å²) in [6, 6.07) is 3.61. The summed E-state index contributed by atoms with van der Waals surface area (Å²) in [4.78, 5) is 25.2. The number of hydrogen-bond donors (Lipinski definition) is 1. The second kappa shape index (κ2) is 6.98. The van der Waals surface area contributed by atoms with Gasteiger partial charge in [0.05, 0.1) is 19.4 Å². The first kappa shape index (κ1) is 14.4. The van der Waals surface area contributed by atoms with Gasteiger partial charge in [-0.15, -0.1) is 0 Å². The maximum absolute atomic E-state index is 12.0. The van der Waals surface area contributed by atoms with Crippen molar-refractivity contribution >= 4 is 12.0 Å². The van der Waals surface area contributed by atoms with Gasteiger partial charge in [-0.1, -0.05) is 0 Å². The molecule has 6 nitrogen and oxygen atoms in total. The monoisotopic (exact) mass is 280 g/mol. The Morgan fingerprint density at radius 2 is 2.20 bits per heavy atom. The predicted octanol–water partition coefficient (Wildman–Crippen LogP) is 1.76. The number of amides is 2. The van der Waals surface area contributed by atoms with Crippen LogP contribution in [-0.4, -0.2) is 36.6 Å². The van der Waals surface area contributed by atoms with Crippen LogP contribution in [0.2, 0.25) is 0 Å². The first-order chi connectivity index (χ1) is 9.70. The fourth-order valence-electron chi connectivity index (χ4n) is 2.27. The molecule has 6 heteroatoms. The van der Waals surface area contributed by atoms with Crippen molar-refractivity contribution in [3.8, 4) is 0 Å². The van der Waals surface area contributed by atoms with E-state index < -0.39 is 0 Å². The van der Waals surface area contributed by atoms with Crippen LogP contribution in [-0.2, 0) is 16.1 Å². The minimum Gasteiger partial charge on any atom is -0.467 e. The molecular formula is C14H20N2O4. The molecule has 1 aliphatic heterocycles. The van der Waals surface area contributed by atoms with E-state index in [0.717, 1.165) is 5.76 Å². The Bertz CT molecular complexity index is 436. The van der Waals surface area contributed by atoms with Crippen LogP contribution in [0.1, 0.15) is 25.5 Å². The normalized spacial score (nSPS) is 15.9. The summed E-state index contributed by atoms with van der Waals surface area (Å²) < 4.78 is 10.1. The fraction of sp³-hybridized carbons (Fsp3) is 0.571. The quantitative estimate of drug-likeness (QED) is 0.912. The summed E-state index contributed by atoms with van der Waals surface area (Å²) in [6.07, 6.45) is 2.63. The van der Waals surface area contributed by atoms with E-state index in [0.29, 0.717) is 39.1 Å². The summed E-state index contributed by atoms with van der Waals surface area (Å²) in [5.74, 6) is 0.711. The summed E-state index contributed by atoms with van der Waals surface area (Å²) >= 11 is 0. The molecule has 20 heavy (non-hydrogen) atoms. The van der Waals surface area contributed by atoms with E-state index in [1.807, 2.05) is 6.07 Å². The number of piperidine rings is 1. The number of carbonyl (C=O) groups is 2. The van der Waals surface area contributed by atoms with E-state index in [-0.39, 0.29) is 17.9 Å². The van der Waals surface area contributed by atoms with Crippen molar-refractivity contribution in [3.05, 3.63) is 24.2 Å². The lowest BCUT2D eigenvalue weighted by molar-refractivity contribution is -0.126. The lowest BCUT2D eigenvalue weighted by atomic mass is 9.96. The van der Waals surface area contributed by atoms with Gasteiger partial charge in [0, 0.05) is 19.0 Å². The number of ether oxygens (including phenoxy) is 1. The molecule has 2 amide bonds. The number of nitrogens with zero attached hydrogens (tertiary/aromatic N) is 1. The van der Waals surface area contributed by atoms with E-state index in [9.17, 15) is 9.59 Å². The van der Waals surface area contributed by atoms with Gasteiger partial charge in [-0.05, 0) is 31.9 Å². The highest BCUT2D eigenvalue weighted by atomic mass is 16.6. The Morgan fingerprint density at radius 1 is 1.45 bits per heavy atom. The number of nitrogens with one attached hydrogen (secondary N) is 1. The van der Waals surface area contributed by atoms with Crippen molar-refractivity contribution in [1.82, 2.24) is 10.2 Å². The number of rotatable bonds is 4. The van der Waals surface area contributed by atoms with Gasteiger partial charge in [-0.3, -0.25) is 4.79 Å². The largest absolute Gasteiger partial charge is 0.467 e. The standard InChI is InChI=1S/C14H20N2O4/c1-2-19-14(18)16-7-5-11(6-8-16)13(17)15-10-12-4-3-9-20-12/h3-4,9,11H,2,5-8,10H2,1H3,(H,15,17). The number of furan rings is 1. The number of carbonyl (C=O) groups excluding carboxylic acids is 2. The third-order valence-corrected chi connectivity index (χ3v) is 3.41. The van der Waals surface area contributed by atoms with Gasteiger partial charge in [-0.2, -0.15) is 0 Å². The summed E-state index contributed by atoms with van der Waals surface area (Å²) in [5.41, 5.74) is 0. The Hall–Kier alpha value is -1.98. The second-order valence-corrected chi connectivity index (χ2v) is 4.76.